The van der Waals surface area contributed by atoms with Crippen molar-refractivity contribution in [1.82, 2.24) is 25.4 Å². The van der Waals surface area contributed by atoms with Crippen LogP contribution in [-0.2, 0) is 11.3 Å². The van der Waals surface area contributed by atoms with Gasteiger partial charge in [-0.15, -0.1) is 0 Å². The lowest BCUT2D eigenvalue weighted by Crippen LogP contribution is -2.35. The van der Waals surface area contributed by atoms with Crippen molar-refractivity contribution >= 4 is 5.91 Å². The SMILES string of the molecule is O=C(Cn1ccc(-c2ccc(OCCNCC(O)c3cccnc3)cc2)n1)NC1CCCC1. The highest BCUT2D eigenvalue weighted by Crippen LogP contribution is 2.21. The molecule has 1 saturated carbocycles. The quantitative estimate of drug-likeness (QED) is 0.389. The first-order valence-corrected chi connectivity index (χ1v) is 11.5. The number of rotatable bonds is 11. The fraction of sp³-hybridized carbons (Fsp3) is 0.400. The molecule has 1 aliphatic rings. The molecule has 2 aromatic heterocycles. The van der Waals surface area contributed by atoms with Gasteiger partial charge in [0.2, 0.25) is 5.91 Å². The number of pyridine rings is 1. The van der Waals surface area contributed by atoms with Gasteiger partial charge in [-0.2, -0.15) is 5.10 Å². The van der Waals surface area contributed by atoms with Gasteiger partial charge in [0, 0.05) is 48.8 Å². The van der Waals surface area contributed by atoms with Gasteiger partial charge in [-0.1, -0.05) is 18.9 Å². The van der Waals surface area contributed by atoms with Crippen molar-refractivity contribution in [3.8, 4) is 17.0 Å². The van der Waals surface area contributed by atoms with E-state index in [9.17, 15) is 9.90 Å². The third-order valence-corrected chi connectivity index (χ3v) is 5.77. The number of ether oxygens (including phenoxy) is 1. The van der Waals surface area contributed by atoms with E-state index in [1.165, 1.54) is 12.8 Å². The zero-order valence-electron chi connectivity index (χ0n) is 18.7. The van der Waals surface area contributed by atoms with Crippen molar-refractivity contribution in [2.24, 2.45) is 0 Å². The summed E-state index contributed by atoms with van der Waals surface area (Å²) >= 11 is 0. The molecule has 0 radical (unpaired) electrons. The van der Waals surface area contributed by atoms with Crippen molar-refractivity contribution in [3.63, 3.8) is 0 Å². The fourth-order valence-electron chi connectivity index (χ4n) is 3.99. The van der Waals surface area contributed by atoms with Crippen molar-refractivity contribution in [2.45, 2.75) is 44.4 Å². The molecular weight excluding hydrogens is 418 g/mol. The molecule has 1 aromatic carbocycles. The summed E-state index contributed by atoms with van der Waals surface area (Å²) in [4.78, 5) is 16.2. The molecule has 1 fully saturated rings. The van der Waals surface area contributed by atoms with Crippen LogP contribution >= 0.6 is 0 Å². The standard InChI is InChI=1S/C25H31N5O3/c31-24(20-4-3-12-26-16-20)17-27-13-15-33-22-9-7-19(8-10-22)23-11-14-30(29-23)18-25(32)28-21-5-1-2-6-21/h3-4,7-12,14,16,21,24,27,31H,1-2,5-6,13,15,17-18H2,(H,28,32). The molecule has 8 nitrogen and oxygen atoms in total. The predicted molar refractivity (Wildman–Crippen MR) is 126 cm³/mol. The molecule has 1 unspecified atom stereocenters. The summed E-state index contributed by atoms with van der Waals surface area (Å²) in [7, 11) is 0. The van der Waals surface area contributed by atoms with Crippen molar-refractivity contribution in [2.75, 3.05) is 19.7 Å². The number of nitrogens with zero attached hydrogens (tertiary/aromatic N) is 3. The average molecular weight is 450 g/mol. The van der Waals surface area contributed by atoms with Gasteiger partial charge in [0.25, 0.3) is 0 Å². The minimum Gasteiger partial charge on any atom is -0.492 e. The summed E-state index contributed by atoms with van der Waals surface area (Å²) in [5, 5.41) is 20.9. The first-order valence-electron chi connectivity index (χ1n) is 11.5. The van der Waals surface area contributed by atoms with Crippen LogP contribution in [0, 0.1) is 0 Å². The van der Waals surface area contributed by atoms with E-state index in [-0.39, 0.29) is 12.5 Å². The molecule has 1 atom stereocenters. The van der Waals surface area contributed by atoms with Crippen LogP contribution < -0.4 is 15.4 Å². The van der Waals surface area contributed by atoms with Gasteiger partial charge in [0.05, 0.1) is 11.8 Å². The van der Waals surface area contributed by atoms with Crippen LogP contribution in [0.15, 0.2) is 61.1 Å². The largest absolute Gasteiger partial charge is 0.492 e. The van der Waals surface area contributed by atoms with Crippen LogP contribution in [0.25, 0.3) is 11.3 Å². The maximum Gasteiger partial charge on any atom is 0.241 e. The summed E-state index contributed by atoms with van der Waals surface area (Å²) in [5.41, 5.74) is 2.58. The highest BCUT2D eigenvalue weighted by molar-refractivity contribution is 5.76. The summed E-state index contributed by atoms with van der Waals surface area (Å²) in [6, 6.07) is 13.6. The number of carbonyl (C=O) groups is 1. The first-order chi connectivity index (χ1) is 16.2. The highest BCUT2D eigenvalue weighted by atomic mass is 16.5. The number of hydrogen-bond acceptors (Lipinski definition) is 6. The van der Waals surface area contributed by atoms with Crippen LogP contribution in [0.4, 0.5) is 0 Å². The Morgan fingerprint density at radius 3 is 2.76 bits per heavy atom. The Morgan fingerprint density at radius 2 is 2.00 bits per heavy atom. The molecule has 1 aliphatic carbocycles. The number of aromatic nitrogens is 3. The number of hydrogen-bond donors (Lipinski definition) is 3. The summed E-state index contributed by atoms with van der Waals surface area (Å²) < 4.78 is 7.45. The minimum atomic E-state index is -0.591. The van der Waals surface area contributed by atoms with Gasteiger partial charge in [-0.3, -0.25) is 14.5 Å². The Bertz CT molecular complexity index is 1000. The number of benzene rings is 1. The minimum absolute atomic E-state index is 0.0156. The second-order valence-electron chi connectivity index (χ2n) is 8.33. The third-order valence-electron chi connectivity index (χ3n) is 5.77. The highest BCUT2D eigenvalue weighted by Gasteiger charge is 2.17. The van der Waals surface area contributed by atoms with E-state index in [1.807, 2.05) is 48.7 Å². The Hall–Kier alpha value is -3.23. The lowest BCUT2D eigenvalue weighted by atomic mass is 10.1. The Kier molecular flexibility index (Phi) is 8.05. The van der Waals surface area contributed by atoms with Gasteiger partial charge in [0.1, 0.15) is 18.9 Å². The number of carbonyl (C=O) groups excluding carboxylic acids is 1. The monoisotopic (exact) mass is 449 g/mol. The molecule has 0 bridgehead atoms. The van der Waals surface area contributed by atoms with Crippen LogP contribution in [0.3, 0.4) is 0 Å². The van der Waals surface area contributed by atoms with E-state index in [4.69, 9.17) is 4.74 Å². The lowest BCUT2D eigenvalue weighted by Gasteiger charge is -2.12. The molecule has 0 spiro atoms. The molecule has 8 heteroatoms. The van der Waals surface area contributed by atoms with E-state index in [1.54, 1.807) is 17.1 Å². The van der Waals surface area contributed by atoms with Gasteiger partial charge < -0.3 is 20.5 Å². The van der Waals surface area contributed by atoms with Gasteiger partial charge in [-0.25, -0.2) is 0 Å². The summed E-state index contributed by atoms with van der Waals surface area (Å²) in [5.74, 6) is 0.783. The second kappa shape index (κ2) is 11.6. The maximum atomic E-state index is 12.2. The first kappa shape index (κ1) is 22.9. The third kappa shape index (κ3) is 6.87. The zero-order valence-corrected chi connectivity index (χ0v) is 18.7. The van der Waals surface area contributed by atoms with E-state index >= 15 is 0 Å². The van der Waals surface area contributed by atoms with E-state index in [0.717, 1.165) is 35.4 Å². The zero-order chi connectivity index (χ0) is 22.9. The van der Waals surface area contributed by atoms with E-state index < -0.39 is 6.10 Å². The maximum absolute atomic E-state index is 12.2. The van der Waals surface area contributed by atoms with E-state index in [0.29, 0.717) is 25.7 Å². The Balaban J connectivity index is 1.18. The Morgan fingerprint density at radius 1 is 1.18 bits per heavy atom. The molecule has 33 heavy (non-hydrogen) atoms. The van der Waals surface area contributed by atoms with Crippen molar-refractivity contribution in [1.29, 1.82) is 0 Å². The van der Waals surface area contributed by atoms with Crippen molar-refractivity contribution in [3.05, 3.63) is 66.6 Å². The molecular formula is C25H31N5O3. The number of aliphatic hydroxyl groups excluding tert-OH is 1. The summed E-state index contributed by atoms with van der Waals surface area (Å²) in [6.07, 6.45) is 9.14. The van der Waals surface area contributed by atoms with Crippen LogP contribution in [0.5, 0.6) is 5.75 Å². The van der Waals surface area contributed by atoms with E-state index in [2.05, 4.69) is 20.7 Å². The summed E-state index contributed by atoms with van der Waals surface area (Å²) in [6.45, 7) is 1.78. The molecule has 0 saturated heterocycles. The smallest absolute Gasteiger partial charge is 0.241 e. The molecule has 1 amide bonds. The molecule has 174 valence electrons. The van der Waals surface area contributed by atoms with Crippen LogP contribution in [0.2, 0.25) is 0 Å². The van der Waals surface area contributed by atoms with Gasteiger partial charge in [0.15, 0.2) is 0 Å². The molecule has 3 aromatic rings. The van der Waals surface area contributed by atoms with Crippen LogP contribution in [0.1, 0.15) is 37.4 Å². The fourth-order valence-corrected chi connectivity index (χ4v) is 3.99. The number of aliphatic hydroxyl groups is 1. The van der Waals surface area contributed by atoms with Crippen molar-refractivity contribution < 1.29 is 14.6 Å². The van der Waals surface area contributed by atoms with Gasteiger partial charge in [-0.05, 0) is 49.2 Å². The van der Waals surface area contributed by atoms with Crippen LogP contribution in [-0.4, -0.2) is 51.5 Å². The molecule has 3 N–H and O–H groups in total. The topological polar surface area (TPSA) is 101 Å². The average Bonchev–Trinajstić information content (AvgIpc) is 3.52. The lowest BCUT2D eigenvalue weighted by molar-refractivity contribution is -0.122. The Labute approximate surface area is 194 Å². The second-order valence-corrected chi connectivity index (χ2v) is 8.33. The number of nitrogens with one attached hydrogen (secondary N) is 2. The molecule has 4 rings (SSSR count). The number of amides is 1. The normalized spacial score (nSPS) is 14.8. The predicted octanol–water partition coefficient (Wildman–Crippen LogP) is 2.71. The molecule has 2 heterocycles. The van der Waals surface area contributed by atoms with Gasteiger partial charge >= 0.3 is 0 Å². The molecule has 0 aliphatic heterocycles.